The highest BCUT2D eigenvalue weighted by molar-refractivity contribution is 6.01. The number of carbonyl (C=O) groups excluding carboxylic acids is 1. The number of carboxylic acid groups (broad SMARTS) is 1. The van der Waals surface area contributed by atoms with Gasteiger partial charge in [0.2, 0.25) is 6.04 Å². The van der Waals surface area contributed by atoms with Crippen LogP contribution in [0.2, 0.25) is 0 Å². The molecular weight excluding hydrogens is 310 g/mol. The third-order valence-electron chi connectivity index (χ3n) is 2.60. The second-order valence-electron chi connectivity index (χ2n) is 4.32. The lowest BCUT2D eigenvalue weighted by Gasteiger charge is -2.06. The van der Waals surface area contributed by atoms with Crippen molar-refractivity contribution in [1.82, 2.24) is 0 Å². The number of aliphatic carboxylic acids is 1. The molecule has 0 aromatic heterocycles. The molecule has 0 radical (unpaired) electrons. The van der Waals surface area contributed by atoms with Gasteiger partial charge in [0, 0.05) is 7.11 Å². The van der Waals surface area contributed by atoms with E-state index in [1.807, 2.05) is 0 Å². The number of methoxy groups -OCH3 is 1. The molecule has 0 bridgehead atoms. The Morgan fingerprint density at radius 2 is 2.09 bits per heavy atom. The van der Waals surface area contributed by atoms with Gasteiger partial charge in [-0.3, -0.25) is 14.9 Å². The number of hydrogen-bond donors (Lipinski definition) is 1. The normalized spacial score (nSPS) is 12.1. The Labute approximate surface area is 130 Å². The van der Waals surface area contributed by atoms with Crippen molar-refractivity contribution in [3.63, 3.8) is 0 Å². The highest BCUT2D eigenvalue weighted by Crippen LogP contribution is 2.31. The van der Waals surface area contributed by atoms with Crippen molar-refractivity contribution in [3.8, 4) is 5.75 Å². The Kier molecular flexibility index (Phi) is 6.74. The monoisotopic (exact) mass is 325 g/mol. The van der Waals surface area contributed by atoms with E-state index in [0.29, 0.717) is 6.61 Å². The molecule has 23 heavy (non-hydrogen) atoms. The maximum atomic E-state index is 11.1. The number of nitrogens with zero attached hydrogens (tertiary/aromatic N) is 3. The minimum Gasteiger partial charge on any atom is -0.491 e. The zero-order valence-electron chi connectivity index (χ0n) is 12.5. The van der Waals surface area contributed by atoms with Gasteiger partial charge in [-0.2, -0.15) is 5.11 Å². The molecule has 1 aromatic rings. The summed E-state index contributed by atoms with van der Waals surface area (Å²) in [5, 5.41) is 26.7. The van der Waals surface area contributed by atoms with E-state index in [1.54, 1.807) is 0 Å². The quantitative estimate of drug-likeness (QED) is 0.239. The number of benzene rings is 1. The number of ketones is 1. The van der Waals surface area contributed by atoms with Crippen LogP contribution in [0.3, 0.4) is 0 Å². The molecule has 1 unspecified atom stereocenters. The Hall–Kier alpha value is -2.88. The van der Waals surface area contributed by atoms with Gasteiger partial charge in [-0.15, -0.1) is 5.11 Å². The average Bonchev–Trinajstić information content (AvgIpc) is 2.47. The fraction of sp³-hybridized carbons (Fsp3) is 0.385. The minimum absolute atomic E-state index is 0.179. The summed E-state index contributed by atoms with van der Waals surface area (Å²) < 4.78 is 10.0. The zero-order chi connectivity index (χ0) is 17.4. The van der Waals surface area contributed by atoms with Crippen molar-refractivity contribution in [2.45, 2.75) is 13.0 Å². The van der Waals surface area contributed by atoms with E-state index in [1.165, 1.54) is 19.2 Å². The molecule has 0 aliphatic heterocycles. The van der Waals surface area contributed by atoms with Gasteiger partial charge in [-0.1, -0.05) is 0 Å². The molecule has 0 fully saturated rings. The molecular formula is C13H15N3O7. The summed E-state index contributed by atoms with van der Waals surface area (Å²) in [5.41, 5.74) is -0.599. The van der Waals surface area contributed by atoms with Crippen LogP contribution in [0, 0.1) is 10.1 Å². The third-order valence-corrected chi connectivity index (χ3v) is 2.60. The first-order valence-corrected chi connectivity index (χ1v) is 6.41. The number of azo groups is 1. The number of Topliss-reactive ketones (excluding diaryl/α,β-unsaturated/α-hetero) is 1. The van der Waals surface area contributed by atoms with Gasteiger partial charge in [0.25, 0.3) is 5.69 Å². The van der Waals surface area contributed by atoms with Gasteiger partial charge in [-0.05, 0) is 19.1 Å². The summed E-state index contributed by atoms with van der Waals surface area (Å²) in [5.74, 6) is -1.99. The maximum Gasteiger partial charge on any atom is 0.338 e. The standard InChI is InChI=1S/C13H15N3O7/c1-8(17)12(13(18)19)15-14-10-4-3-9(23-6-5-22-2)7-11(10)16(20)21/h3-4,7,12H,5-6H2,1-2H3,(H,18,19)/b15-14+. The fourth-order valence-electron chi connectivity index (χ4n) is 1.49. The minimum atomic E-state index is -1.70. The van der Waals surface area contributed by atoms with E-state index in [9.17, 15) is 19.7 Å². The van der Waals surface area contributed by atoms with Gasteiger partial charge in [0.05, 0.1) is 17.6 Å². The van der Waals surface area contributed by atoms with Crippen molar-refractivity contribution >= 4 is 23.1 Å². The number of carboxylic acids is 1. The number of carbonyl (C=O) groups is 2. The molecule has 0 saturated carbocycles. The number of ether oxygens (including phenoxy) is 2. The molecule has 10 heteroatoms. The van der Waals surface area contributed by atoms with Crippen LogP contribution in [-0.2, 0) is 14.3 Å². The van der Waals surface area contributed by atoms with Crippen LogP contribution in [0.1, 0.15) is 6.92 Å². The molecule has 0 heterocycles. The molecule has 0 amide bonds. The molecule has 124 valence electrons. The summed E-state index contributed by atoms with van der Waals surface area (Å²) in [7, 11) is 1.49. The average molecular weight is 325 g/mol. The first kappa shape index (κ1) is 18.2. The molecule has 0 aliphatic rings. The Morgan fingerprint density at radius 1 is 1.39 bits per heavy atom. The van der Waals surface area contributed by atoms with E-state index in [4.69, 9.17) is 14.6 Å². The predicted molar refractivity (Wildman–Crippen MR) is 77.1 cm³/mol. The smallest absolute Gasteiger partial charge is 0.338 e. The van der Waals surface area contributed by atoms with Crippen molar-refractivity contribution in [1.29, 1.82) is 0 Å². The van der Waals surface area contributed by atoms with Gasteiger partial charge in [0.1, 0.15) is 12.4 Å². The van der Waals surface area contributed by atoms with E-state index >= 15 is 0 Å². The highest BCUT2D eigenvalue weighted by Gasteiger charge is 2.23. The Morgan fingerprint density at radius 3 is 2.61 bits per heavy atom. The summed E-state index contributed by atoms with van der Waals surface area (Å²) in [6.07, 6.45) is 0. The lowest BCUT2D eigenvalue weighted by Crippen LogP contribution is -2.25. The van der Waals surface area contributed by atoms with E-state index in [0.717, 1.165) is 13.0 Å². The first-order chi connectivity index (χ1) is 10.9. The second-order valence-corrected chi connectivity index (χ2v) is 4.32. The summed E-state index contributed by atoms with van der Waals surface area (Å²) in [4.78, 5) is 32.3. The lowest BCUT2D eigenvalue weighted by molar-refractivity contribution is -0.384. The van der Waals surface area contributed by atoms with E-state index < -0.39 is 28.4 Å². The van der Waals surface area contributed by atoms with Crippen molar-refractivity contribution in [2.24, 2.45) is 10.2 Å². The van der Waals surface area contributed by atoms with Crippen LogP contribution in [0.4, 0.5) is 11.4 Å². The van der Waals surface area contributed by atoms with Gasteiger partial charge in [-0.25, -0.2) is 4.79 Å². The lowest BCUT2D eigenvalue weighted by atomic mass is 10.2. The maximum absolute atomic E-state index is 11.1. The molecule has 1 aromatic carbocycles. The topological polar surface area (TPSA) is 141 Å². The number of nitro groups is 1. The van der Waals surface area contributed by atoms with Crippen LogP contribution in [0.5, 0.6) is 5.75 Å². The Balaban J connectivity index is 3.04. The predicted octanol–water partition coefficient (Wildman–Crippen LogP) is 1.75. The molecule has 1 rings (SSSR count). The van der Waals surface area contributed by atoms with Crippen LogP contribution in [0.15, 0.2) is 28.4 Å². The molecule has 0 saturated heterocycles. The van der Waals surface area contributed by atoms with Gasteiger partial charge >= 0.3 is 5.97 Å². The molecule has 0 spiro atoms. The fourth-order valence-corrected chi connectivity index (χ4v) is 1.49. The van der Waals surface area contributed by atoms with E-state index in [2.05, 4.69) is 10.2 Å². The SMILES string of the molecule is COCCOc1ccc(/N=N/C(C(C)=O)C(=O)O)c([N+](=O)[O-])c1. The highest BCUT2D eigenvalue weighted by atomic mass is 16.6. The molecule has 1 atom stereocenters. The van der Waals surface area contributed by atoms with Crippen LogP contribution in [0.25, 0.3) is 0 Å². The summed E-state index contributed by atoms with van der Waals surface area (Å²) in [6, 6.07) is 2.10. The Bertz CT molecular complexity index is 616. The van der Waals surface area contributed by atoms with Gasteiger partial charge < -0.3 is 14.6 Å². The van der Waals surface area contributed by atoms with Crippen molar-refractivity contribution < 1.29 is 29.1 Å². The second kappa shape index (κ2) is 8.54. The molecule has 0 aliphatic carbocycles. The van der Waals surface area contributed by atoms with Crippen molar-refractivity contribution in [3.05, 3.63) is 28.3 Å². The van der Waals surface area contributed by atoms with Crippen molar-refractivity contribution in [2.75, 3.05) is 20.3 Å². The van der Waals surface area contributed by atoms with Gasteiger partial charge in [0.15, 0.2) is 11.5 Å². The van der Waals surface area contributed by atoms with Crippen LogP contribution >= 0.6 is 0 Å². The molecule has 10 nitrogen and oxygen atoms in total. The summed E-state index contributed by atoms with van der Waals surface area (Å²) in [6.45, 7) is 1.56. The first-order valence-electron chi connectivity index (χ1n) is 6.41. The van der Waals surface area contributed by atoms with E-state index in [-0.39, 0.29) is 18.0 Å². The number of rotatable bonds is 9. The summed E-state index contributed by atoms with van der Waals surface area (Å²) >= 11 is 0. The van der Waals surface area contributed by atoms with Crippen LogP contribution < -0.4 is 4.74 Å². The van der Waals surface area contributed by atoms with Crippen LogP contribution in [-0.4, -0.2) is 48.1 Å². The zero-order valence-corrected chi connectivity index (χ0v) is 12.5. The molecule has 1 N–H and O–H groups in total. The third kappa shape index (κ3) is 5.43. The number of nitro benzene ring substituents is 1. The number of hydrogen-bond acceptors (Lipinski definition) is 8. The largest absolute Gasteiger partial charge is 0.491 e.